The van der Waals surface area contributed by atoms with Gasteiger partial charge in [0.2, 0.25) is 11.8 Å². The lowest BCUT2D eigenvalue weighted by Gasteiger charge is -2.16. The van der Waals surface area contributed by atoms with E-state index in [0.29, 0.717) is 18.9 Å². The summed E-state index contributed by atoms with van der Waals surface area (Å²) in [5.74, 6) is 0.688. The number of rotatable bonds is 7. The van der Waals surface area contributed by atoms with Crippen LogP contribution in [-0.2, 0) is 9.59 Å². The lowest BCUT2D eigenvalue weighted by atomic mass is 10.2. The summed E-state index contributed by atoms with van der Waals surface area (Å²) in [4.78, 5) is 26.2. The van der Waals surface area contributed by atoms with E-state index in [1.807, 2.05) is 35.0 Å². The van der Waals surface area contributed by atoms with Gasteiger partial charge in [-0.2, -0.15) is 0 Å². The first-order chi connectivity index (χ1) is 11.1. The summed E-state index contributed by atoms with van der Waals surface area (Å²) in [6.45, 7) is 2.47. The molecule has 6 heteroatoms. The van der Waals surface area contributed by atoms with Crippen LogP contribution in [0.2, 0.25) is 0 Å². The fourth-order valence-corrected chi connectivity index (χ4v) is 4.21. The number of hydrogen-bond acceptors (Lipinski definition) is 4. The van der Waals surface area contributed by atoms with Crippen molar-refractivity contribution in [3.8, 4) is 0 Å². The first-order valence-corrected chi connectivity index (χ1v) is 9.55. The zero-order chi connectivity index (χ0) is 16.2. The fourth-order valence-electron chi connectivity index (χ4n) is 2.54. The summed E-state index contributed by atoms with van der Waals surface area (Å²) in [5.41, 5.74) is 0. The van der Waals surface area contributed by atoms with E-state index < -0.39 is 0 Å². The second kappa shape index (κ2) is 7.27. The Morgan fingerprint density at radius 3 is 2.30 bits per heavy atom. The Kier molecular flexibility index (Phi) is 5.13. The zero-order valence-electron chi connectivity index (χ0n) is 13.0. The summed E-state index contributed by atoms with van der Waals surface area (Å²) in [7, 11) is 0. The monoisotopic (exact) mass is 348 g/mol. The Balaban J connectivity index is 1.51. The standard InChI is InChI=1S/C17H20N2O2S2/c1-11-10-12(11)17(21)18-7-6-15(20)19-16(13-4-2-8-22-13)14-5-3-9-23-14/h2-5,8-9,11-12,16H,6-7,10H2,1H3,(H,18,21)(H,19,20)/t11-,12+/m0/s1. The van der Waals surface area contributed by atoms with Gasteiger partial charge in [0.15, 0.2) is 0 Å². The van der Waals surface area contributed by atoms with Gasteiger partial charge in [-0.15, -0.1) is 22.7 Å². The van der Waals surface area contributed by atoms with Crippen LogP contribution in [-0.4, -0.2) is 18.4 Å². The molecule has 2 amide bonds. The Labute approximate surface area is 143 Å². The fraction of sp³-hybridized carbons (Fsp3) is 0.412. The molecule has 0 bridgehead atoms. The van der Waals surface area contributed by atoms with Crippen molar-refractivity contribution in [2.75, 3.05) is 6.54 Å². The molecule has 0 saturated heterocycles. The SMILES string of the molecule is C[C@H]1C[C@H]1C(=O)NCCC(=O)NC(c1cccs1)c1cccs1. The van der Waals surface area contributed by atoms with Gasteiger partial charge in [-0.05, 0) is 35.2 Å². The molecule has 122 valence electrons. The Morgan fingerprint density at radius 2 is 1.83 bits per heavy atom. The number of nitrogens with one attached hydrogen (secondary N) is 2. The smallest absolute Gasteiger partial charge is 0.223 e. The van der Waals surface area contributed by atoms with Crippen LogP contribution in [0.3, 0.4) is 0 Å². The molecular weight excluding hydrogens is 328 g/mol. The van der Waals surface area contributed by atoms with Gasteiger partial charge in [0.05, 0.1) is 6.04 Å². The highest BCUT2D eigenvalue weighted by Gasteiger charge is 2.38. The second-order valence-corrected chi connectivity index (χ2v) is 7.85. The molecule has 3 rings (SSSR count). The Bertz CT molecular complexity index is 618. The minimum absolute atomic E-state index is 0.0408. The zero-order valence-corrected chi connectivity index (χ0v) is 14.6. The van der Waals surface area contributed by atoms with Gasteiger partial charge in [0.1, 0.15) is 0 Å². The van der Waals surface area contributed by atoms with Gasteiger partial charge >= 0.3 is 0 Å². The van der Waals surface area contributed by atoms with Crippen LogP contribution in [0.5, 0.6) is 0 Å². The third-order valence-corrected chi connectivity index (χ3v) is 5.93. The minimum Gasteiger partial charge on any atom is -0.355 e. The van der Waals surface area contributed by atoms with Gasteiger partial charge < -0.3 is 10.6 Å². The first-order valence-electron chi connectivity index (χ1n) is 7.79. The van der Waals surface area contributed by atoms with Crippen LogP contribution >= 0.6 is 22.7 Å². The molecular formula is C17H20N2O2S2. The lowest BCUT2D eigenvalue weighted by Crippen LogP contribution is -2.33. The Morgan fingerprint density at radius 1 is 1.22 bits per heavy atom. The first kappa shape index (κ1) is 16.2. The molecule has 2 heterocycles. The van der Waals surface area contributed by atoms with Crippen molar-refractivity contribution < 1.29 is 9.59 Å². The van der Waals surface area contributed by atoms with Crippen molar-refractivity contribution >= 4 is 34.5 Å². The van der Waals surface area contributed by atoms with Crippen LogP contribution in [0.15, 0.2) is 35.0 Å². The van der Waals surface area contributed by atoms with E-state index in [-0.39, 0.29) is 23.8 Å². The van der Waals surface area contributed by atoms with Crippen LogP contribution in [0.4, 0.5) is 0 Å². The number of carbonyl (C=O) groups excluding carboxylic acids is 2. The van der Waals surface area contributed by atoms with Crippen molar-refractivity contribution in [1.29, 1.82) is 0 Å². The summed E-state index contributed by atoms with van der Waals surface area (Å²) in [6.07, 6.45) is 1.27. The van der Waals surface area contributed by atoms with E-state index in [2.05, 4.69) is 17.6 Å². The van der Waals surface area contributed by atoms with Gasteiger partial charge in [0.25, 0.3) is 0 Å². The average Bonchev–Trinajstić information content (AvgIpc) is 3.01. The van der Waals surface area contributed by atoms with Gasteiger partial charge in [-0.3, -0.25) is 9.59 Å². The maximum absolute atomic E-state index is 12.2. The molecule has 1 fully saturated rings. The lowest BCUT2D eigenvalue weighted by molar-refractivity contribution is -0.123. The van der Waals surface area contributed by atoms with E-state index in [1.165, 1.54) is 0 Å². The topological polar surface area (TPSA) is 58.2 Å². The van der Waals surface area contributed by atoms with Crippen LogP contribution in [0.25, 0.3) is 0 Å². The van der Waals surface area contributed by atoms with Gasteiger partial charge in [-0.1, -0.05) is 19.1 Å². The van der Waals surface area contributed by atoms with Crippen molar-refractivity contribution in [2.24, 2.45) is 11.8 Å². The van der Waals surface area contributed by atoms with E-state index in [0.717, 1.165) is 16.2 Å². The molecule has 0 spiro atoms. The third-order valence-electron chi connectivity index (χ3n) is 4.06. The quantitative estimate of drug-likeness (QED) is 0.807. The summed E-state index contributed by atoms with van der Waals surface area (Å²) < 4.78 is 0. The van der Waals surface area contributed by atoms with Crippen LogP contribution < -0.4 is 10.6 Å². The molecule has 2 N–H and O–H groups in total. The van der Waals surface area contributed by atoms with E-state index in [9.17, 15) is 9.59 Å². The van der Waals surface area contributed by atoms with Crippen molar-refractivity contribution in [3.05, 3.63) is 44.8 Å². The molecule has 0 aliphatic heterocycles. The van der Waals surface area contributed by atoms with Gasteiger partial charge in [0, 0.05) is 28.6 Å². The number of hydrogen-bond donors (Lipinski definition) is 2. The predicted octanol–water partition coefficient (Wildman–Crippen LogP) is 3.18. The minimum atomic E-state index is -0.0957. The molecule has 0 unspecified atom stereocenters. The summed E-state index contributed by atoms with van der Waals surface area (Å²) >= 11 is 3.27. The highest BCUT2D eigenvalue weighted by atomic mass is 32.1. The van der Waals surface area contributed by atoms with Crippen molar-refractivity contribution in [3.63, 3.8) is 0 Å². The molecule has 2 aromatic rings. The molecule has 1 aliphatic carbocycles. The molecule has 0 aromatic carbocycles. The van der Waals surface area contributed by atoms with Crippen molar-refractivity contribution in [1.82, 2.24) is 10.6 Å². The maximum atomic E-state index is 12.2. The summed E-state index contributed by atoms with van der Waals surface area (Å²) in [5, 5.41) is 9.96. The van der Waals surface area contributed by atoms with E-state index in [4.69, 9.17) is 0 Å². The van der Waals surface area contributed by atoms with E-state index in [1.54, 1.807) is 22.7 Å². The van der Waals surface area contributed by atoms with Crippen LogP contribution in [0.1, 0.15) is 35.6 Å². The molecule has 0 radical (unpaired) electrons. The van der Waals surface area contributed by atoms with Gasteiger partial charge in [-0.25, -0.2) is 0 Å². The van der Waals surface area contributed by atoms with Crippen LogP contribution in [0, 0.1) is 11.8 Å². The molecule has 2 atom stereocenters. The third kappa shape index (κ3) is 4.20. The molecule has 2 aromatic heterocycles. The highest BCUT2D eigenvalue weighted by molar-refractivity contribution is 7.11. The van der Waals surface area contributed by atoms with E-state index >= 15 is 0 Å². The number of thiophene rings is 2. The number of carbonyl (C=O) groups is 2. The summed E-state index contributed by atoms with van der Waals surface area (Å²) in [6, 6.07) is 7.95. The normalized spacial score (nSPS) is 19.6. The highest BCUT2D eigenvalue weighted by Crippen LogP contribution is 2.37. The van der Waals surface area contributed by atoms with Crippen molar-refractivity contribution in [2.45, 2.75) is 25.8 Å². The second-order valence-electron chi connectivity index (χ2n) is 5.89. The molecule has 1 aliphatic rings. The Hall–Kier alpha value is -1.66. The molecule has 23 heavy (non-hydrogen) atoms. The largest absolute Gasteiger partial charge is 0.355 e. The number of amides is 2. The molecule has 4 nitrogen and oxygen atoms in total. The molecule has 1 saturated carbocycles. The maximum Gasteiger partial charge on any atom is 0.223 e. The average molecular weight is 348 g/mol. The predicted molar refractivity (Wildman–Crippen MR) is 93.5 cm³/mol.